The van der Waals surface area contributed by atoms with Crippen LogP contribution in [0.15, 0.2) is 30.3 Å². The van der Waals surface area contributed by atoms with Crippen LogP contribution in [0.4, 0.5) is 8.78 Å². The van der Waals surface area contributed by atoms with Gasteiger partial charge in [0.15, 0.2) is 16.3 Å². The van der Waals surface area contributed by atoms with Gasteiger partial charge in [0.2, 0.25) is 0 Å². The molecule has 3 rings (SSSR count). The molecule has 21 heavy (non-hydrogen) atoms. The lowest BCUT2D eigenvalue weighted by Crippen LogP contribution is -1.96. The van der Waals surface area contributed by atoms with E-state index in [1.807, 2.05) is 0 Å². The maximum Gasteiger partial charge on any atom is 0.182 e. The van der Waals surface area contributed by atoms with Gasteiger partial charge in [-0.3, -0.25) is 4.57 Å². The molecule has 1 N–H and O–H groups in total. The van der Waals surface area contributed by atoms with Crippen molar-refractivity contribution in [3.05, 3.63) is 51.8 Å². The van der Waals surface area contributed by atoms with Crippen molar-refractivity contribution in [3.63, 3.8) is 0 Å². The van der Waals surface area contributed by atoms with E-state index in [-0.39, 0.29) is 10.8 Å². The Morgan fingerprint density at radius 2 is 1.95 bits per heavy atom. The van der Waals surface area contributed by atoms with Crippen molar-refractivity contribution in [1.29, 1.82) is 0 Å². The number of hydrogen-bond donors (Lipinski definition) is 1. The first-order valence-electron chi connectivity index (χ1n) is 5.95. The number of halogens is 3. The molecule has 0 fully saturated rings. The second-order valence-corrected chi connectivity index (χ2v) is 5.16. The predicted octanol–water partition coefficient (Wildman–Crippen LogP) is 4.63. The van der Waals surface area contributed by atoms with Gasteiger partial charge in [0, 0.05) is 12.1 Å². The first kappa shape index (κ1) is 14.0. The number of nitrogens with zero attached hydrogens (tertiary/aromatic N) is 1. The zero-order valence-electron chi connectivity index (χ0n) is 10.8. The lowest BCUT2D eigenvalue weighted by atomic mass is 10.2. The van der Waals surface area contributed by atoms with Gasteiger partial charge < -0.3 is 9.72 Å². The van der Waals surface area contributed by atoms with Gasteiger partial charge in [0.1, 0.15) is 5.82 Å². The Kier molecular flexibility index (Phi) is 3.43. The summed E-state index contributed by atoms with van der Waals surface area (Å²) in [5, 5.41) is -0.0159. The number of imidazole rings is 1. The number of aromatic amines is 1. The third-order valence-electron chi connectivity index (χ3n) is 3.12. The SMILES string of the molecule is COc1cc2c(cc1F)[nH]c(=S)n2-c1ccc(F)c(Cl)c1. The largest absolute Gasteiger partial charge is 0.494 e. The second kappa shape index (κ2) is 5.13. The molecule has 0 bridgehead atoms. The summed E-state index contributed by atoms with van der Waals surface area (Å²) in [5.41, 5.74) is 1.70. The molecule has 108 valence electrons. The van der Waals surface area contributed by atoms with E-state index in [0.29, 0.717) is 21.5 Å². The fourth-order valence-electron chi connectivity index (χ4n) is 2.15. The van der Waals surface area contributed by atoms with E-state index in [4.69, 9.17) is 28.6 Å². The average molecular weight is 327 g/mol. The molecule has 0 amide bonds. The van der Waals surface area contributed by atoms with E-state index in [1.54, 1.807) is 10.6 Å². The zero-order valence-corrected chi connectivity index (χ0v) is 12.4. The van der Waals surface area contributed by atoms with Gasteiger partial charge in [0.05, 0.1) is 28.9 Å². The first-order valence-corrected chi connectivity index (χ1v) is 6.73. The Balaban J connectivity index is 2.33. The molecule has 7 heteroatoms. The van der Waals surface area contributed by atoms with Crippen LogP contribution >= 0.6 is 23.8 Å². The smallest absolute Gasteiger partial charge is 0.182 e. The predicted molar refractivity (Wildman–Crippen MR) is 79.9 cm³/mol. The Morgan fingerprint density at radius 1 is 1.19 bits per heavy atom. The van der Waals surface area contributed by atoms with E-state index < -0.39 is 11.6 Å². The Morgan fingerprint density at radius 3 is 2.62 bits per heavy atom. The maximum absolute atomic E-state index is 13.7. The van der Waals surface area contributed by atoms with Crippen molar-refractivity contribution in [2.45, 2.75) is 0 Å². The second-order valence-electron chi connectivity index (χ2n) is 4.37. The molecule has 0 aliphatic heterocycles. The molecule has 0 radical (unpaired) electrons. The van der Waals surface area contributed by atoms with Gasteiger partial charge in [-0.05, 0) is 30.4 Å². The number of aromatic nitrogens is 2. The molecule has 0 aliphatic carbocycles. The van der Waals surface area contributed by atoms with Crippen LogP contribution in [0.5, 0.6) is 5.75 Å². The zero-order chi connectivity index (χ0) is 15.1. The minimum absolute atomic E-state index is 0.0159. The van der Waals surface area contributed by atoms with Crippen LogP contribution in [-0.2, 0) is 0 Å². The van der Waals surface area contributed by atoms with Crippen LogP contribution in [0.1, 0.15) is 0 Å². The maximum atomic E-state index is 13.7. The highest BCUT2D eigenvalue weighted by molar-refractivity contribution is 7.71. The molecule has 1 heterocycles. The number of hydrogen-bond acceptors (Lipinski definition) is 2. The van der Waals surface area contributed by atoms with E-state index in [1.165, 1.54) is 31.4 Å². The fourth-order valence-corrected chi connectivity index (χ4v) is 2.63. The number of nitrogens with one attached hydrogen (secondary N) is 1. The molecular weight excluding hydrogens is 318 g/mol. The molecule has 0 unspecified atom stereocenters. The third-order valence-corrected chi connectivity index (χ3v) is 3.69. The van der Waals surface area contributed by atoms with Crippen molar-refractivity contribution in [1.82, 2.24) is 9.55 Å². The van der Waals surface area contributed by atoms with Crippen molar-refractivity contribution < 1.29 is 13.5 Å². The van der Waals surface area contributed by atoms with Crippen molar-refractivity contribution in [3.8, 4) is 11.4 Å². The number of rotatable bonds is 2. The summed E-state index contributed by atoms with van der Waals surface area (Å²) in [4.78, 5) is 2.90. The van der Waals surface area contributed by atoms with E-state index in [0.717, 1.165) is 0 Å². The topological polar surface area (TPSA) is 29.9 Å². The van der Waals surface area contributed by atoms with Crippen LogP contribution in [0, 0.1) is 16.4 Å². The summed E-state index contributed by atoms with van der Waals surface area (Å²) >= 11 is 11.0. The monoisotopic (exact) mass is 326 g/mol. The first-order chi connectivity index (χ1) is 10.0. The molecular formula is C14H9ClF2N2OS. The van der Waals surface area contributed by atoms with E-state index in [2.05, 4.69) is 4.98 Å². The Labute approximate surface area is 128 Å². The number of H-pyrrole nitrogens is 1. The van der Waals surface area contributed by atoms with Crippen molar-refractivity contribution in [2.24, 2.45) is 0 Å². The van der Waals surface area contributed by atoms with E-state index in [9.17, 15) is 8.78 Å². The Hall–Kier alpha value is -1.92. The van der Waals surface area contributed by atoms with Crippen molar-refractivity contribution >= 4 is 34.9 Å². The van der Waals surface area contributed by atoms with Crippen LogP contribution < -0.4 is 4.74 Å². The van der Waals surface area contributed by atoms with Gasteiger partial charge in [-0.2, -0.15) is 0 Å². The summed E-state index contributed by atoms with van der Waals surface area (Å²) in [6.07, 6.45) is 0. The molecule has 0 atom stereocenters. The van der Waals surface area contributed by atoms with Crippen LogP contribution in [0.3, 0.4) is 0 Å². The van der Waals surface area contributed by atoms with Gasteiger partial charge in [0.25, 0.3) is 0 Å². The number of ether oxygens (including phenoxy) is 1. The molecule has 2 aromatic carbocycles. The standard InChI is InChI=1S/C14H9ClF2N2OS/c1-20-13-6-12-11(5-10(13)17)18-14(21)19(12)7-2-3-9(16)8(15)4-7/h2-6H,1H3,(H,18,21). The number of fused-ring (bicyclic) bond motifs is 1. The molecule has 3 nitrogen and oxygen atoms in total. The normalized spacial score (nSPS) is 11.0. The van der Waals surface area contributed by atoms with Gasteiger partial charge in [-0.15, -0.1) is 0 Å². The Bertz CT molecular complexity index is 904. The lowest BCUT2D eigenvalue weighted by molar-refractivity contribution is 0.387. The molecule has 0 aliphatic rings. The summed E-state index contributed by atoms with van der Waals surface area (Å²) in [6.45, 7) is 0. The third kappa shape index (κ3) is 2.30. The van der Waals surface area contributed by atoms with E-state index >= 15 is 0 Å². The van der Waals surface area contributed by atoms with Gasteiger partial charge in [-0.25, -0.2) is 8.78 Å². The minimum atomic E-state index is -0.518. The lowest BCUT2D eigenvalue weighted by Gasteiger charge is -2.07. The average Bonchev–Trinajstić information content (AvgIpc) is 2.76. The number of benzene rings is 2. The highest BCUT2D eigenvalue weighted by atomic mass is 35.5. The quantitative estimate of drug-likeness (QED) is 0.696. The number of methoxy groups -OCH3 is 1. The summed E-state index contributed by atoms with van der Waals surface area (Å²) in [7, 11) is 1.38. The molecule has 3 aromatic rings. The fraction of sp³-hybridized carbons (Fsp3) is 0.0714. The highest BCUT2D eigenvalue weighted by Gasteiger charge is 2.13. The molecule has 0 saturated heterocycles. The van der Waals surface area contributed by atoms with Crippen LogP contribution in [0.2, 0.25) is 5.02 Å². The molecule has 0 spiro atoms. The van der Waals surface area contributed by atoms with Crippen LogP contribution in [0.25, 0.3) is 16.7 Å². The summed E-state index contributed by atoms with van der Waals surface area (Å²) in [6, 6.07) is 7.06. The minimum Gasteiger partial charge on any atom is -0.494 e. The highest BCUT2D eigenvalue weighted by Crippen LogP contribution is 2.28. The summed E-state index contributed by atoms with van der Waals surface area (Å²) < 4.78 is 34.0. The summed E-state index contributed by atoms with van der Waals surface area (Å²) in [5.74, 6) is -0.917. The van der Waals surface area contributed by atoms with Crippen molar-refractivity contribution in [2.75, 3.05) is 7.11 Å². The van der Waals surface area contributed by atoms with Gasteiger partial charge in [-0.1, -0.05) is 11.6 Å². The van der Waals surface area contributed by atoms with Gasteiger partial charge >= 0.3 is 0 Å². The molecule has 0 saturated carbocycles. The molecule has 1 aromatic heterocycles. The van der Waals surface area contributed by atoms with Crippen LogP contribution in [-0.4, -0.2) is 16.7 Å².